The predicted octanol–water partition coefficient (Wildman–Crippen LogP) is 2.91. The molecule has 1 aliphatic rings. The van der Waals surface area contributed by atoms with E-state index in [1.807, 2.05) is 0 Å². The molecular formula is C11H23NS. The third-order valence-electron chi connectivity index (χ3n) is 2.30. The van der Waals surface area contributed by atoms with Gasteiger partial charge in [0.2, 0.25) is 0 Å². The van der Waals surface area contributed by atoms with Gasteiger partial charge in [-0.05, 0) is 24.0 Å². The summed E-state index contributed by atoms with van der Waals surface area (Å²) >= 11 is 2.15. The maximum atomic E-state index is 3.57. The van der Waals surface area contributed by atoms with Crippen LogP contribution in [0, 0.1) is 5.41 Å². The van der Waals surface area contributed by atoms with Crippen LogP contribution in [-0.2, 0) is 0 Å². The topological polar surface area (TPSA) is 12.0 Å². The van der Waals surface area contributed by atoms with Crippen LogP contribution in [0.2, 0.25) is 0 Å². The van der Waals surface area contributed by atoms with Crippen molar-refractivity contribution in [1.82, 2.24) is 5.32 Å². The van der Waals surface area contributed by atoms with E-state index >= 15 is 0 Å². The standard InChI is InChI=1S/C11H23NS/c1-11(2,3)9-12-8-10-6-4-5-7-13-10/h10,12H,4-9H2,1-3H3. The van der Waals surface area contributed by atoms with E-state index in [0.29, 0.717) is 5.41 Å². The normalized spacial score (nSPS) is 24.7. The van der Waals surface area contributed by atoms with Crippen molar-refractivity contribution >= 4 is 11.8 Å². The summed E-state index contributed by atoms with van der Waals surface area (Å²) in [4.78, 5) is 0. The smallest absolute Gasteiger partial charge is 0.0172 e. The highest BCUT2D eigenvalue weighted by Gasteiger charge is 2.15. The Morgan fingerprint density at radius 2 is 2.08 bits per heavy atom. The van der Waals surface area contributed by atoms with Crippen molar-refractivity contribution in [1.29, 1.82) is 0 Å². The second-order valence-corrected chi connectivity index (χ2v) is 6.59. The molecule has 0 amide bonds. The number of rotatable bonds is 3. The van der Waals surface area contributed by atoms with Gasteiger partial charge in [0.15, 0.2) is 0 Å². The maximum absolute atomic E-state index is 3.57. The molecule has 0 aromatic heterocycles. The highest BCUT2D eigenvalue weighted by Crippen LogP contribution is 2.24. The van der Waals surface area contributed by atoms with Gasteiger partial charge in [0.25, 0.3) is 0 Å². The van der Waals surface area contributed by atoms with Crippen LogP contribution < -0.4 is 5.32 Å². The molecule has 13 heavy (non-hydrogen) atoms. The van der Waals surface area contributed by atoms with E-state index < -0.39 is 0 Å². The van der Waals surface area contributed by atoms with Crippen molar-refractivity contribution in [3.8, 4) is 0 Å². The van der Waals surface area contributed by atoms with Crippen LogP contribution in [-0.4, -0.2) is 24.1 Å². The van der Waals surface area contributed by atoms with Crippen molar-refractivity contribution in [2.75, 3.05) is 18.8 Å². The van der Waals surface area contributed by atoms with E-state index in [9.17, 15) is 0 Å². The summed E-state index contributed by atoms with van der Waals surface area (Å²) in [7, 11) is 0. The van der Waals surface area contributed by atoms with Gasteiger partial charge in [-0.25, -0.2) is 0 Å². The minimum atomic E-state index is 0.430. The molecule has 0 spiro atoms. The minimum absolute atomic E-state index is 0.430. The molecule has 1 heterocycles. The first-order valence-electron chi connectivity index (χ1n) is 5.40. The molecule has 0 aliphatic carbocycles. The SMILES string of the molecule is CC(C)(C)CNCC1CCCCS1. The average Bonchev–Trinajstić information content (AvgIpc) is 2.04. The van der Waals surface area contributed by atoms with Gasteiger partial charge in [-0.3, -0.25) is 0 Å². The van der Waals surface area contributed by atoms with Crippen LogP contribution in [0.3, 0.4) is 0 Å². The van der Waals surface area contributed by atoms with Gasteiger partial charge in [-0.15, -0.1) is 0 Å². The fourth-order valence-corrected chi connectivity index (χ4v) is 2.85. The van der Waals surface area contributed by atoms with E-state index in [1.54, 1.807) is 0 Å². The van der Waals surface area contributed by atoms with E-state index in [2.05, 4.69) is 37.8 Å². The molecule has 1 nitrogen and oxygen atoms in total. The first-order valence-corrected chi connectivity index (χ1v) is 6.45. The summed E-state index contributed by atoms with van der Waals surface area (Å²) in [6.07, 6.45) is 4.29. The Balaban J connectivity index is 2.04. The van der Waals surface area contributed by atoms with E-state index in [-0.39, 0.29) is 0 Å². The molecule has 1 aliphatic heterocycles. The van der Waals surface area contributed by atoms with Crippen LogP contribution in [0.5, 0.6) is 0 Å². The lowest BCUT2D eigenvalue weighted by Crippen LogP contribution is -2.33. The van der Waals surface area contributed by atoms with E-state index in [1.165, 1.54) is 31.6 Å². The summed E-state index contributed by atoms with van der Waals surface area (Å²) in [6.45, 7) is 9.21. The Labute approximate surface area is 87.1 Å². The summed E-state index contributed by atoms with van der Waals surface area (Å²) in [6, 6.07) is 0. The number of thioether (sulfide) groups is 1. The molecule has 2 heteroatoms. The van der Waals surface area contributed by atoms with Crippen LogP contribution >= 0.6 is 11.8 Å². The molecule has 0 saturated carbocycles. The Kier molecular flexibility index (Phi) is 4.60. The molecule has 1 unspecified atom stereocenters. The first-order chi connectivity index (χ1) is 6.08. The third-order valence-corrected chi connectivity index (χ3v) is 3.70. The minimum Gasteiger partial charge on any atom is -0.315 e. The molecule has 0 bridgehead atoms. The molecule has 0 aromatic carbocycles. The van der Waals surface area contributed by atoms with Gasteiger partial charge >= 0.3 is 0 Å². The van der Waals surface area contributed by atoms with Crippen LogP contribution in [0.15, 0.2) is 0 Å². The molecular weight excluding hydrogens is 178 g/mol. The molecule has 78 valence electrons. The van der Waals surface area contributed by atoms with Gasteiger partial charge in [-0.2, -0.15) is 11.8 Å². The zero-order valence-corrected chi connectivity index (χ0v) is 10.0. The lowest BCUT2D eigenvalue weighted by atomic mass is 9.97. The zero-order valence-electron chi connectivity index (χ0n) is 9.23. The van der Waals surface area contributed by atoms with Crippen molar-refractivity contribution < 1.29 is 0 Å². The number of nitrogens with one attached hydrogen (secondary N) is 1. The van der Waals surface area contributed by atoms with Crippen molar-refractivity contribution in [2.45, 2.75) is 45.3 Å². The summed E-state index contributed by atoms with van der Waals surface area (Å²) < 4.78 is 0. The second-order valence-electron chi connectivity index (χ2n) is 5.18. The molecule has 1 atom stereocenters. The second kappa shape index (κ2) is 5.26. The zero-order chi connectivity index (χ0) is 9.73. The molecule has 0 aromatic rings. The van der Waals surface area contributed by atoms with Crippen molar-refractivity contribution in [3.63, 3.8) is 0 Å². The summed E-state index contributed by atoms with van der Waals surface area (Å²) in [5.41, 5.74) is 0.430. The Hall–Kier alpha value is 0.310. The fraction of sp³-hybridized carbons (Fsp3) is 1.00. The quantitative estimate of drug-likeness (QED) is 0.753. The summed E-state index contributed by atoms with van der Waals surface area (Å²) in [5, 5.41) is 4.46. The van der Waals surface area contributed by atoms with Crippen molar-refractivity contribution in [2.24, 2.45) is 5.41 Å². The Morgan fingerprint density at radius 3 is 2.62 bits per heavy atom. The molecule has 0 radical (unpaired) electrons. The van der Waals surface area contributed by atoms with Crippen LogP contribution in [0.25, 0.3) is 0 Å². The first kappa shape index (κ1) is 11.4. The van der Waals surface area contributed by atoms with Crippen molar-refractivity contribution in [3.05, 3.63) is 0 Å². The average molecular weight is 201 g/mol. The number of hydrogen-bond donors (Lipinski definition) is 1. The van der Waals surface area contributed by atoms with Gasteiger partial charge in [0, 0.05) is 18.3 Å². The van der Waals surface area contributed by atoms with Crippen LogP contribution in [0.1, 0.15) is 40.0 Å². The Morgan fingerprint density at radius 1 is 1.31 bits per heavy atom. The highest BCUT2D eigenvalue weighted by molar-refractivity contribution is 7.99. The van der Waals surface area contributed by atoms with Gasteiger partial charge in [0.1, 0.15) is 0 Å². The molecule has 1 N–H and O–H groups in total. The van der Waals surface area contributed by atoms with Gasteiger partial charge < -0.3 is 5.32 Å². The van der Waals surface area contributed by atoms with E-state index in [4.69, 9.17) is 0 Å². The molecule has 1 rings (SSSR count). The lowest BCUT2D eigenvalue weighted by Gasteiger charge is -2.24. The van der Waals surface area contributed by atoms with Crippen LogP contribution in [0.4, 0.5) is 0 Å². The fourth-order valence-electron chi connectivity index (χ4n) is 1.58. The molecule has 1 saturated heterocycles. The van der Waals surface area contributed by atoms with Gasteiger partial charge in [-0.1, -0.05) is 27.2 Å². The lowest BCUT2D eigenvalue weighted by molar-refractivity contribution is 0.378. The largest absolute Gasteiger partial charge is 0.315 e. The Bertz CT molecular complexity index is 134. The number of hydrogen-bond acceptors (Lipinski definition) is 2. The summed E-state index contributed by atoms with van der Waals surface area (Å²) in [5.74, 6) is 1.38. The predicted molar refractivity (Wildman–Crippen MR) is 62.4 cm³/mol. The maximum Gasteiger partial charge on any atom is 0.0172 e. The molecule has 1 fully saturated rings. The van der Waals surface area contributed by atoms with E-state index in [0.717, 1.165) is 11.8 Å². The highest BCUT2D eigenvalue weighted by atomic mass is 32.2. The third kappa shape index (κ3) is 5.58. The monoisotopic (exact) mass is 201 g/mol. The van der Waals surface area contributed by atoms with Gasteiger partial charge in [0.05, 0.1) is 0 Å².